The molecule has 2 aromatic heterocycles. The van der Waals surface area contributed by atoms with Crippen molar-refractivity contribution in [3.8, 4) is 33.6 Å². The first kappa shape index (κ1) is 24.9. The number of fused-ring (bicyclic) bond motifs is 17. The van der Waals surface area contributed by atoms with Gasteiger partial charge in [-0.3, -0.25) is 9.97 Å². The Labute approximate surface area is 249 Å². The van der Waals surface area contributed by atoms with Crippen LogP contribution in [0.25, 0.3) is 33.6 Å². The van der Waals surface area contributed by atoms with E-state index in [2.05, 4.69) is 133 Å². The number of benzene rings is 4. The molecule has 0 radical (unpaired) electrons. The number of rotatable bonds is 0. The van der Waals surface area contributed by atoms with Crippen molar-refractivity contribution < 1.29 is 21.1 Å². The van der Waals surface area contributed by atoms with Crippen molar-refractivity contribution in [3.05, 3.63) is 167 Å². The maximum atomic E-state index is 5.39. The third-order valence-electron chi connectivity index (χ3n) is 8.15. The Balaban J connectivity index is 0.00000264. The maximum absolute atomic E-state index is 5.39. The summed E-state index contributed by atoms with van der Waals surface area (Å²) in [5, 5.41) is 0. The van der Waals surface area contributed by atoms with Crippen LogP contribution in [0.5, 0.6) is 0 Å². The first-order valence-corrected chi connectivity index (χ1v) is 13.5. The van der Waals surface area contributed by atoms with E-state index in [9.17, 15) is 0 Å². The van der Waals surface area contributed by atoms with Gasteiger partial charge in [-0.15, -0.1) is 70.8 Å². The van der Waals surface area contributed by atoms with Crippen molar-refractivity contribution >= 4 is 0 Å². The van der Waals surface area contributed by atoms with Crippen molar-refractivity contribution in [2.75, 3.05) is 0 Å². The Morgan fingerprint density at radius 2 is 0.925 bits per heavy atom. The van der Waals surface area contributed by atoms with Crippen molar-refractivity contribution in [1.29, 1.82) is 0 Å². The summed E-state index contributed by atoms with van der Waals surface area (Å²) in [6.07, 6.45) is 1.79. The van der Waals surface area contributed by atoms with E-state index in [-0.39, 0.29) is 21.1 Å². The van der Waals surface area contributed by atoms with Gasteiger partial charge in [0.1, 0.15) is 5.41 Å². The topological polar surface area (TPSA) is 25.8 Å². The number of hydrogen-bond acceptors (Lipinski definition) is 2. The second kappa shape index (κ2) is 9.80. The molecule has 1 aliphatic carbocycles. The number of aromatic nitrogens is 2. The Hall–Kier alpha value is -4.13. The van der Waals surface area contributed by atoms with Crippen LogP contribution in [-0.4, -0.2) is 9.97 Å². The number of nitrogens with zero attached hydrogens (tertiary/aromatic N) is 2. The third kappa shape index (κ3) is 3.74. The molecule has 1 spiro atoms. The van der Waals surface area contributed by atoms with Gasteiger partial charge in [-0.1, -0.05) is 72.8 Å². The molecule has 2 aliphatic rings. The molecule has 192 valence electrons. The fraction of sp³-hybridized carbons (Fsp3) is 0.0811. The van der Waals surface area contributed by atoms with Crippen molar-refractivity contribution in [3.63, 3.8) is 0 Å². The summed E-state index contributed by atoms with van der Waals surface area (Å²) < 4.78 is 0. The van der Waals surface area contributed by atoms with E-state index in [0.717, 1.165) is 46.7 Å². The van der Waals surface area contributed by atoms with E-state index in [1.165, 1.54) is 33.4 Å². The van der Waals surface area contributed by atoms with Crippen molar-refractivity contribution in [2.45, 2.75) is 18.3 Å². The van der Waals surface area contributed by atoms with Gasteiger partial charge >= 0.3 is 21.1 Å². The summed E-state index contributed by atoms with van der Waals surface area (Å²) in [5.41, 5.74) is 12.4. The van der Waals surface area contributed by atoms with Gasteiger partial charge in [0.15, 0.2) is 0 Å². The molecule has 8 bridgehead atoms. The number of aryl methyl sites for hydroxylation is 2. The second-order valence-electron chi connectivity index (χ2n) is 10.3. The molecule has 1 aliphatic heterocycles. The molecule has 0 amide bonds. The molecule has 4 aromatic carbocycles. The first-order valence-electron chi connectivity index (χ1n) is 13.5. The monoisotopic (exact) mass is 691 g/mol. The molecule has 0 fully saturated rings. The van der Waals surface area contributed by atoms with Crippen LogP contribution in [-0.2, 0) is 39.3 Å². The molecule has 3 heterocycles. The summed E-state index contributed by atoms with van der Waals surface area (Å²) in [6, 6.07) is 50.3. The predicted molar refractivity (Wildman–Crippen MR) is 155 cm³/mol. The van der Waals surface area contributed by atoms with Crippen LogP contribution >= 0.6 is 0 Å². The van der Waals surface area contributed by atoms with E-state index >= 15 is 0 Å². The van der Waals surface area contributed by atoms with Crippen LogP contribution in [0.4, 0.5) is 0 Å². The zero-order valence-corrected chi connectivity index (χ0v) is 23.9. The van der Waals surface area contributed by atoms with Gasteiger partial charge in [0, 0.05) is 0 Å². The largest absolute Gasteiger partial charge is 2.00 e. The fourth-order valence-corrected chi connectivity index (χ4v) is 6.40. The van der Waals surface area contributed by atoms with Gasteiger partial charge in [0.25, 0.3) is 0 Å². The predicted octanol–water partition coefficient (Wildman–Crippen LogP) is 7.87. The van der Waals surface area contributed by atoms with E-state index in [1.807, 2.05) is 0 Å². The fourth-order valence-electron chi connectivity index (χ4n) is 6.40. The van der Waals surface area contributed by atoms with Crippen LogP contribution in [0, 0.1) is 12.1 Å². The van der Waals surface area contributed by atoms with Crippen LogP contribution < -0.4 is 0 Å². The third-order valence-corrected chi connectivity index (χ3v) is 8.15. The molecule has 2 nitrogen and oxygen atoms in total. The van der Waals surface area contributed by atoms with Crippen molar-refractivity contribution in [2.24, 2.45) is 0 Å². The minimum absolute atomic E-state index is 0. The summed E-state index contributed by atoms with van der Waals surface area (Å²) in [6.45, 7) is 0. The zero-order valence-electron chi connectivity index (χ0n) is 21.7. The quantitative estimate of drug-likeness (QED) is 0.151. The SMILES string of the molecule is [Pt+2].[c-]1c2cccc1-c1cccc(n1)C1(c3cccc(n3)-c3[c-]c(ccc3)CC2)c2ccccc2-c2ccccc21. The van der Waals surface area contributed by atoms with Crippen LogP contribution in [0.1, 0.15) is 33.6 Å². The minimum Gasteiger partial charge on any atom is -0.300 e. The summed E-state index contributed by atoms with van der Waals surface area (Å²) in [7, 11) is 0. The molecule has 6 aromatic rings. The van der Waals surface area contributed by atoms with Gasteiger partial charge in [0.05, 0.1) is 11.4 Å². The summed E-state index contributed by atoms with van der Waals surface area (Å²) in [4.78, 5) is 10.8. The summed E-state index contributed by atoms with van der Waals surface area (Å²) >= 11 is 0. The molecule has 0 saturated carbocycles. The Bertz CT molecular complexity index is 1750. The normalized spacial score (nSPS) is 13.8. The number of hydrogen-bond donors (Lipinski definition) is 0. The summed E-state index contributed by atoms with van der Waals surface area (Å²) in [5.74, 6) is 0. The zero-order chi connectivity index (χ0) is 25.8. The van der Waals surface area contributed by atoms with Gasteiger partial charge < -0.3 is 0 Å². The van der Waals surface area contributed by atoms with Crippen molar-refractivity contribution in [1.82, 2.24) is 9.97 Å². The Morgan fingerprint density at radius 3 is 1.43 bits per heavy atom. The molecule has 8 rings (SSSR count). The molecular weight excluding hydrogens is 667 g/mol. The maximum Gasteiger partial charge on any atom is 2.00 e. The molecule has 3 heteroatoms. The Kier molecular flexibility index (Phi) is 6.10. The smallest absolute Gasteiger partial charge is 0.300 e. The molecular formula is C37H24N2Pt. The van der Waals surface area contributed by atoms with Gasteiger partial charge in [0.2, 0.25) is 0 Å². The standard InChI is InChI=1S/C37H24N2.Pt/c1-3-15-31-29(13-1)30-14-2-4-16-32(30)37(31)35-19-7-17-33(38-35)27-11-5-9-25(23-27)21-22-26-10-6-12-28(24-26)34-18-8-20-36(37)39-34;/h1-20H,21-22H2;/q-2;+2. The molecule has 0 atom stereocenters. The van der Waals surface area contributed by atoms with Crippen LogP contribution in [0.15, 0.2) is 121 Å². The van der Waals surface area contributed by atoms with E-state index in [4.69, 9.17) is 9.97 Å². The molecule has 0 unspecified atom stereocenters. The average Bonchev–Trinajstić information content (AvgIpc) is 3.31. The second-order valence-corrected chi connectivity index (χ2v) is 10.3. The van der Waals surface area contributed by atoms with E-state index < -0.39 is 5.41 Å². The Morgan fingerprint density at radius 1 is 0.475 bits per heavy atom. The van der Waals surface area contributed by atoms with Gasteiger partial charge in [-0.05, 0) is 58.6 Å². The van der Waals surface area contributed by atoms with Crippen LogP contribution in [0.3, 0.4) is 0 Å². The van der Waals surface area contributed by atoms with Gasteiger partial charge in [-0.2, -0.15) is 0 Å². The first-order chi connectivity index (χ1) is 19.3. The van der Waals surface area contributed by atoms with Gasteiger partial charge in [-0.25, -0.2) is 0 Å². The number of pyridine rings is 2. The minimum atomic E-state index is -0.658. The van der Waals surface area contributed by atoms with E-state index in [0.29, 0.717) is 0 Å². The molecule has 40 heavy (non-hydrogen) atoms. The molecule has 0 saturated heterocycles. The van der Waals surface area contributed by atoms with E-state index in [1.54, 1.807) is 0 Å². The van der Waals surface area contributed by atoms with Crippen LogP contribution in [0.2, 0.25) is 0 Å². The molecule has 0 N–H and O–H groups in total. The average molecular weight is 692 g/mol.